The van der Waals surface area contributed by atoms with E-state index in [0.717, 1.165) is 5.82 Å². The molecule has 0 aliphatic heterocycles. The first-order chi connectivity index (χ1) is 7.75. The van der Waals surface area contributed by atoms with Gasteiger partial charge in [0.05, 0.1) is 0 Å². The molecular formula is C13H13IN2. The third-order valence-electron chi connectivity index (χ3n) is 2.40. The van der Waals surface area contributed by atoms with E-state index in [4.69, 9.17) is 0 Å². The minimum Gasteiger partial charge on any atom is -0.364 e. The number of nitrogens with zero attached hydrogens (tertiary/aromatic N) is 1. The van der Waals surface area contributed by atoms with Gasteiger partial charge in [0.2, 0.25) is 0 Å². The van der Waals surface area contributed by atoms with Crippen LogP contribution in [0.15, 0.2) is 48.7 Å². The van der Waals surface area contributed by atoms with Crippen LogP contribution in [-0.4, -0.2) is 4.98 Å². The second kappa shape index (κ2) is 5.30. The van der Waals surface area contributed by atoms with Gasteiger partial charge >= 0.3 is 0 Å². The number of hydrogen-bond acceptors (Lipinski definition) is 2. The Morgan fingerprint density at radius 1 is 1.12 bits per heavy atom. The fraction of sp³-hybridized carbons (Fsp3) is 0.154. The van der Waals surface area contributed by atoms with Gasteiger partial charge in [-0.3, -0.25) is 0 Å². The van der Waals surface area contributed by atoms with Gasteiger partial charge in [-0.2, -0.15) is 0 Å². The van der Waals surface area contributed by atoms with Crippen molar-refractivity contribution in [1.29, 1.82) is 0 Å². The summed E-state index contributed by atoms with van der Waals surface area (Å²) in [7, 11) is 0. The van der Waals surface area contributed by atoms with Crippen LogP contribution in [0.1, 0.15) is 18.5 Å². The summed E-state index contributed by atoms with van der Waals surface area (Å²) in [4.78, 5) is 4.25. The molecule has 82 valence electrons. The molecule has 0 aliphatic rings. The molecule has 0 spiro atoms. The standard InChI is InChI=1S/C13H13IN2/c1-10(11-5-7-12(14)8-6-11)16-13-4-2-3-9-15-13/h2-10H,1H3,(H,15,16). The Morgan fingerprint density at radius 3 is 2.50 bits per heavy atom. The minimum atomic E-state index is 0.270. The first-order valence-corrected chi connectivity index (χ1v) is 6.26. The van der Waals surface area contributed by atoms with Crippen molar-refractivity contribution in [2.75, 3.05) is 5.32 Å². The molecule has 1 atom stereocenters. The molecule has 0 aliphatic carbocycles. The van der Waals surface area contributed by atoms with E-state index in [2.05, 4.69) is 64.1 Å². The maximum absolute atomic E-state index is 4.25. The van der Waals surface area contributed by atoms with E-state index in [0.29, 0.717) is 0 Å². The zero-order valence-electron chi connectivity index (χ0n) is 9.02. The molecule has 16 heavy (non-hydrogen) atoms. The molecule has 0 saturated heterocycles. The summed E-state index contributed by atoms with van der Waals surface area (Å²) in [5.74, 6) is 0.911. The third kappa shape index (κ3) is 2.95. The van der Waals surface area contributed by atoms with Crippen LogP contribution < -0.4 is 5.32 Å². The van der Waals surface area contributed by atoms with Crippen molar-refractivity contribution in [2.24, 2.45) is 0 Å². The smallest absolute Gasteiger partial charge is 0.126 e. The van der Waals surface area contributed by atoms with E-state index in [9.17, 15) is 0 Å². The SMILES string of the molecule is CC(Nc1ccccn1)c1ccc(I)cc1. The maximum atomic E-state index is 4.25. The largest absolute Gasteiger partial charge is 0.364 e. The Morgan fingerprint density at radius 2 is 1.88 bits per heavy atom. The van der Waals surface area contributed by atoms with Crippen LogP contribution >= 0.6 is 22.6 Å². The van der Waals surface area contributed by atoms with Gasteiger partial charge in [-0.1, -0.05) is 18.2 Å². The lowest BCUT2D eigenvalue weighted by atomic mass is 10.1. The average molecular weight is 324 g/mol. The second-order valence-electron chi connectivity index (χ2n) is 3.63. The van der Waals surface area contributed by atoms with Gasteiger partial charge in [0.25, 0.3) is 0 Å². The van der Waals surface area contributed by atoms with E-state index in [1.165, 1.54) is 9.13 Å². The molecule has 1 N–H and O–H groups in total. The molecule has 0 saturated carbocycles. The van der Waals surface area contributed by atoms with Crippen molar-refractivity contribution in [2.45, 2.75) is 13.0 Å². The molecule has 2 nitrogen and oxygen atoms in total. The van der Waals surface area contributed by atoms with Gasteiger partial charge in [-0.05, 0) is 59.3 Å². The Kier molecular flexibility index (Phi) is 3.77. The summed E-state index contributed by atoms with van der Waals surface area (Å²) in [6.07, 6.45) is 1.79. The summed E-state index contributed by atoms with van der Waals surface area (Å²) in [5, 5.41) is 3.36. The summed E-state index contributed by atoms with van der Waals surface area (Å²) >= 11 is 2.31. The van der Waals surface area contributed by atoms with Gasteiger partial charge < -0.3 is 5.32 Å². The first kappa shape index (κ1) is 11.4. The van der Waals surface area contributed by atoms with Crippen molar-refractivity contribution in [3.63, 3.8) is 0 Å². The number of rotatable bonds is 3. The Labute approximate surface area is 109 Å². The molecule has 1 aromatic heterocycles. The zero-order valence-corrected chi connectivity index (χ0v) is 11.2. The second-order valence-corrected chi connectivity index (χ2v) is 4.88. The number of halogens is 1. The van der Waals surface area contributed by atoms with Crippen LogP contribution in [-0.2, 0) is 0 Å². The van der Waals surface area contributed by atoms with E-state index in [1.54, 1.807) is 6.20 Å². The van der Waals surface area contributed by atoms with E-state index in [-0.39, 0.29) is 6.04 Å². The Hall–Kier alpha value is -1.10. The van der Waals surface area contributed by atoms with E-state index in [1.807, 2.05) is 18.2 Å². The van der Waals surface area contributed by atoms with Crippen LogP contribution in [0.5, 0.6) is 0 Å². The lowest BCUT2D eigenvalue weighted by Gasteiger charge is -2.14. The normalized spacial score (nSPS) is 12.1. The molecule has 2 aromatic rings. The minimum absolute atomic E-state index is 0.270. The lowest BCUT2D eigenvalue weighted by molar-refractivity contribution is 0.874. The van der Waals surface area contributed by atoms with Crippen molar-refractivity contribution >= 4 is 28.4 Å². The number of anilines is 1. The zero-order chi connectivity index (χ0) is 11.4. The van der Waals surface area contributed by atoms with Crippen LogP contribution in [0.4, 0.5) is 5.82 Å². The molecule has 1 unspecified atom stereocenters. The molecule has 1 aromatic carbocycles. The highest BCUT2D eigenvalue weighted by molar-refractivity contribution is 14.1. The first-order valence-electron chi connectivity index (χ1n) is 5.19. The molecule has 0 fully saturated rings. The number of hydrogen-bond donors (Lipinski definition) is 1. The van der Waals surface area contributed by atoms with Gasteiger partial charge in [0.15, 0.2) is 0 Å². The van der Waals surface area contributed by atoms with E-state index < -0.39 is 0 Å². The Balaban J connectivity index is 2.09. The summed E-state index contributed by atoms with van der Waals surface area (Å²) in [6, 6.07) is 14.7. The Bertz CT molecular complexity index is 439. The van der Waals surface area contributed by atoms with Gasteiger partial charge in [0.1, 0.15) is 5.82 Å². The maximum Gasteiger partial charge on any atom is 0.126 e. The quantitative estimate of drug-likeness (QED) is 0.867. The predicted molar refractivity (Wildman–Crippen MR) is 75.4 cm³/mol. The van der Waals surface area contributed by atoms with E-state index >= 15 is 0 Å². The van der Waals surface area contributed by atoms with Crippen LogP contribution in [0.2, 0.25) is 0 Å². The van der Waals surface area contributed by atoms with Gasteiger partial charge in [-0.25, -0.2) is 4.98 Å². The molecule has 0 radical (unpaired) electrons. The fourth-order valence-corrected chi connectivity index (χ4v) is 1.86. The molecule has 0 bridgehead atoms. The topological polar surface area (TPSA) is 24.9 Å². The molecule has 2 rings (SSSR count). The molecular weight excluding hydrogens is 311 g/mol. The third-order valence-corrected chi connectivity index (χ3v) is 3.12. The number of nitrogens with one attached hydrogen (secondary N) is 1. The lowest BCUT2D eigenvalue weighted by Crippen LogP contribution is -2.07. The summed E-state index contributed by atoms with van der Waals surface area (Å²) in [5.41, 5.74) is 1.27. The van der Waals surface area contributed by atoms with Crippen molar-refractivity contribution in [1.82, 2.24) is 4.98 Å². The summed E-state index contributed by atoms with van der Waals surface area (Å²) < 4.78 is 1.26. The average Bonchev–Trinajstić information content (AvgIpc) is 2.31. The predicted octanol–water partition coefficient (Wildman–Crippen LogP) is 3.86. The van der Waals surface area contributed by atoms with Crippen LogP contribution in [0.3, 0.4) is 0 Å². The highest BCUT2D eigenvalue weighted by atomic mass is 127. The van der Waals surface area contributed by atoms with Gasteiger partial charge in [0, 0.05) is 15.8 Å². The number of pyridine rings is 1. The van der Waals surface area contributed by atoms with Crippen molar-refractivity contribution in [3.8, 4) is 0 Å². The number of aromatic nitrogens is 1. The number of benzene rings is 1. The van der Waals surface area contributed by atoms with Crippen LogP contribution in [0.25, 0.3) is 0 Å². The molecule has 0 amide bonds. The fourth-order valence-electron chi connectivity index (χ4n) is 1.50. The van der Waals surface area contributed by atoms with Gasteiger partial charge in [-0.15, -0.1) is 0 Å². The van der Waals surface area contributed by atoms with Crippen molar-refractivity contribution in [3.05, 3.63) is 57.8 Å². The highest BCUT2D eigenvalue weighted by Gasteiger charge is 2.04. The van der Waals surface area contributed by atoms with Crippen molar-refractivity contribution < 1.29 is 0 Å². The molecule has 1 heterocycles. The summed E-state index contributed by atoms with van der Waals surface area (Å²) in [6.45, 7) is 2.14. The molecule has 3 heteroatoms. The monoisotopic (exact) mass is 324 g/mol. The highest BCUT2D eigenvalue weighted by Crippen LogP contribution is 2.18. The van der Waals surface area contributed by atoms with Crippen LogP contribution in [0, 0.1) is 3.57 Å².